The van der Waals surface area contributed by atoms with Crippen LogP contribution in [-0.2, 0) is 12.3 Å². The first kappa shape index (κ1) is 16.2. The monoisotopic (exact) mass is 424 g/mol. The molecule has 0 unspecified atom stereocenters. The molecule has 1 saturated heterocycles. The summed E-state index contributed by atoms with van der Waals surface area (Å²) in [5.41, 5.74) is 0. The fourth-order valence-electron chi connectivity index (χ4n) is 2.80. The van der Waals surface area contributed by atoms with Gasteiger partial charge in [-0.3, -0.25) is 4.57 Å². The number of rotatable bonds is 6. The van der Waals surface area contributed by atoms with Crippen LogP contribution in [0.15, 0.2) is 43.9 Å². The Balaban J connectivity index is 1.57. The molecule has 5 nitrogen and oxygen atoms in total. The maximum Gasteiger partial charge on any atom is 0.228 e. The number of hydrogen-bond donors (Lipinski definition) is 0. The molecule has 0 aliphatic carbocycles. The standard InChI is InChI=1S/C16H17BrN4OS2/c17-14-6-5-13(24-14)11-23-16-19-18-15(20-7-1-2-8-20)21(16)10-12-4-3-9-22-12/h3-6,9H,1-2,7-8,10-11H2. The highest BCUT2D eigenvalue weighted by molar-refractivity contribution is 9.11. The summed E-state index contributed by atoms with van der Waals surface area (Å²) in [4.78, 5) is 3.64. The first-order valence-corrected chi connectivity index (χ1v) is 10.5. The molecule has 126 valence electrons. The summed E-state index contributed by atoms with van der Waals surface area (Å²) in [6, 6.07) is 8.16. The van der Waals surface area contributed by atoms with Crippen LogP contribution in [0, 0.1) is 0 Å². The molecule has 1 aliphatic heterocycles. The third-order valence-electron chi connectivity index (χ3n) is 3.95. The Bertz CT molecular complexity index is 793. The van der Waals surface area contributed by atoms with Crippen molar-refractivity contribution < 1.29 is 4.42 Å². The third kappa shape index (κ3) is 3.55. The lowest BCUT2D eigenvalue weighted by molar-refractivity contribution is 0.483. The van der Waals surface area contributed by atoms with Gasteiger partial charge in [-0.25, -0.2) is 0 Å². The second-order valence-electron chi connectivity index (χ2n) is 5.64. The lowest BCUT2D eigenvalue weighted by Crippen LogP contribution is -2.22. The molecule has 0 aromatic carbocycles. The molecule has 0 N–H and O–H groups in total. The fourth-order valence-corrected chi connectivity index (χ4v) is 5.26. The van der Waals surface area contributed by atoms with E-state index in [2.05, 4.69) is 47.7 Å². The lowest BCUT2D eigenvalue weighted by Gasteiger charge is -2.17. The fraction of sp³-hybridized carbons (Fsp3) is 0.375. The molecule has 24 heavy (non-hydrogen) atoms. The number of furan rings is 1. The van der Waals surface area contributed by atoms with Gasteiger partial charge >= 0.3 is 0 Å². The van der Waals surface area contributed by atoms with Crippen molar-refractivity contribution in [2.75, 3.05) is 18.0 Å². The van der Waals surface area contributed by atoms with Crippen LogP contribution in [0.1, 0.15) is 23.5 Å². The van der Waals surface area contributed by atoms with Gasteiger partial charge in [0, 0.05) is 23.7 Å². The van der Waals surface area contributed by atoms with Gasteiger partial charge in [0.05, 0.1) is 16.6 Å². The van der Waals surface area contributed by atoms with Gasteiger partial charge in [0.25, 0.3) is 0 Å². The highest BCUT2D eigenvalue weighted by atomic mass is 79.9. The summed E-state index contributed by atoms with van der Waals surface area (Å²) in [6.45, 7) is 2.78. The van der Waals surface area contributed by atoms with E-state index in [1.54, 1.807) is 29.4 Å². The quantitative estimate of drug-likeness (QED) is 0.539. The SMILES string of the molecule is Brc1ccc(CSc2nnc(N3CCCC3)n2Cc2ccco2)s1. The summed E-state index contributed by atoms with van der Waals surface area (Å²) in [5, 5.41) is 9.86. The van der Waals surface area contributed by atoms with Crippen LogP contribution in [0.25, 0.3) is 0 Å². The molecule has 0 saturated carbocycles. The van der Waals surface area contributed by atoms with Crippen LogP contribution in [0.4, 0.5) is 5.95 Å². The molecule has 1 aliphatic rings. The van der Waals surface area contributed by atoms with E-state index < -0.39 is 0 Å². The zero-order chi connectivity index (χ0) is 16.4. The van der Waals surface area contributed by atoms with Crippen LogP contribution in [0.3, 0.4) is 0 Å². The van der Waals surface area contributed by atoms with Gasteiger partial charge in [-0.15, -0.1) is 21.5 Å². The van der Waals surface area contributed by atoms with Crippen LogP contribution >= 0.6 is 39.0 Å². The van der Waals surface area contributed by atoms with Gasteiger partial charge in [-0.2, -0.15) is 0 Å². The van der Waals surface area contributed by atoms with E-state index in [0.717, 1.165) is 39.5 Å². The minimum absolute atomic E-state index is 0.669. The summed E-state index contributed by atoms with van der Waals surface area (Å²) < 4.78 is 8.88. The molecule has 0 radical (unpaired) electrons. The minimum Gasteiger partial charge on any atom is -0.467 e. The average molecular weight is 425 g/mol. The Labute approximate surface area is 157 Å². The van der Waals surface area contributed by atoms with Crippen molar-refractivity contribution in [3.8, 4) is 0 Å². The number of aromatic nitrogens is 3. The van der Waals surface area contributed by atoms with Crippen molar-refractivity contribution in [2.45, 2.75) is 30.3 Å². The molecule has 0 spiro atoms. The summed E-state index contributed by atoms with van der Waals surface area (Å²) in [5.74, 6) is 2.78. The highest BCUT2D eigenvalue weighted by Crippen LogP contribution is 2.31. The largest absolute Gasteiger partial charge is 0.467 e. The van der Waals surface area contributed by atoms with Crippen LogP contribution in [0.2, 0.25) is 0 Å². The number of anilines is 1. The highest BCUT2D eigenvalue weighted by Gasteiger charge is 2.22. The second-order valence-corrected chi connectivity index (χ2v) is 9.13. The Morgan fingerprint density at radius 2 is 2.08 bits per heavy atom. The zero-order valence-corrected chi connectivity index (χ0v) is 16.2. The van der Waals surface area contributed by atoms with Crippen LogP contribution in [-0.4, -0.2) is 27.9 Å². The van der Waals surface area contributed by atoms with Crippen LogP contribution in [0.5, 0.6) is 0 Å². The second kappa shape index (κ2) is 7.33. The summed E-state index contributed by atoms with van der Waals surface area (Å²) in [6.07, 6.45) is 4.16. The molecule has 8 heteroatoms. The Morgan fingerprint density at radius 1 is 1.21 bits per heavy atom. The molecule has 3 aromatic rings. The van der Waals surface area contributed by atoms with Gasteiger partial charge < -0.3 is 9.32 Å². The van der Waals surface area contributed by atoms with Crippen molar-refractivity contribution in [3.63, 3.8) is 0 Å². The predicted molar refractivity (Wildman–Crippen MR) is 101 cm³/mol. The molecule has 0 atom stereocenters. The molecule has 3 aromatic heterocycles. The van der Waals surface area contributed by atoms with E-state index in [0.29, 0.717) is 6.54 Å². The van der Waals surface area contributed by atoms with E-state index in [1.807, 2.05) is 12.1 Å². The number of halogens is 1. The minimum atomic E-state index is 0.669. The average Bonchev–Trinajstić information content (AvgIpc) is 3.34. The summed E-state index contributed by atoms with van der Waals surface area (Å²) in [7, 11) is 0. The predicted octanol–water partition coefficient (Wildman–Crippen LogP) is 4.64. The van der Waals surface area contributed by atoms with E-state index in [1.165, 1.54) is 17.7 Å². The van der Waals surface area contributed by atoms with Gasteiger partial charge in [-0.1, -0.05) is 11.8 Å². The Morgan fingerprint density at radius 3 is 2.79 bits per heavy atom. The Kier molecular flexibility index (Phi) is 4.96. The van der Waals surface area contributed by atoms with Gasteiger partial charge in [0.15, 0.2) is 5.16 Å². The normalized spacial score (nSPS) is 14.6. The number of thioether (sulfide) groups is 1. The van der Waals surface area contributed by atoms with Crippen molar-refractivity contribution in [3.05, 3.63) is 45.0 Å². The molecule has 0 amide bonds. The van der Waals surface area contributed by atoms with Gasteiger partial charge in [0.2, 0.25) is 5.95 Å². The summed E-state index contributed by atoms with van der Waals surface area (Å²) >= 11 is 7.00. The number of thiophene rings is 1. The maximum atomic E-state index is 5.54. The first-order chi connectivity index (χ1) is 11.8. The van der Waals surface area contributed by atoms with E-state index >= 15 is 0 Å². The molecule has 4 rings (SSSR count). The Hall–Kier alpha value is -1.25. The van der Waals surface area contributed by atoms with E-state index in [-0.39, 0.29) is 0 Å². The van der Waals surface area contributed by atoms with E-state index in [9.17, 15) is 0 Å². The molecule has 1 fully saturated rings. The van der Waals surface area contributed by atoms with Gasteiger partial charge in [0.1, 0.15) is 5.76 Å². The molecular weight excluding hydrogens is 408 g/mol. The molecule has 0 bridgehead atoms. The first-order valence-electron chi connectivity index (χ1n) is 7.87. The van der Waals surface area contributed by atoms with E-state index in [4.69, 9.17) is 4.42 Å². The van der Waals surface area contributed by atoms with Gasteiger partial charge in [-0.05, 0) is 53.0 Å². The lowest BCUT2D eigenvalue weighted by atomic mass is 10.4. The van der Waals surface area contributed by atoms with Crippen molar-refractivity contribution >= 4 is 45.0 Å². The molecule has 4 heterocycles. The van der Waals surface area contributed by atoms with Crippen LogP contribution < -0.4 is 4.90 Å². The topological polar surface area (TPSA) is 47.1 Å². The van der Waals surface area contributed by atoms with Crippen molar-refractivity contribution in [1.29, 1.82) is 0 Å². The number of nitrogens with zero attached hydrogens (tertiary/aromatic N) is 4. The number of hydrogen-bond acceptors (Lipinski definition) is 6. The maximum absolute atomic E-state index is 5.54. The molecular formula is C16H17BrN4OS2. The van der Waals surface area contributed by atoms with Crippen molar-refractivity contribution in [1.82, 2.24) is 14.8 Å². The van der Waals surface area contributed by atoms with Crippen molar-refractivity contribution in [2.24, 2.45) is 0 Å². The third-order valence-corrected chi connectivity index (χ3v) is 6.77. The smallest absolute Gasteiger partial charge is 0.228 e. The zero-order valence-electron chi connectivity index (χ0n) is 13.0.